The standard InChI is InChI=1S/C11H19N/c1-4-5-10(12)7-11-8(2)6-9(11)3/h4-5,7-9,11H,6,12H2,1-3H3/b5-4-,10-7+. The zero-order chi connectivity index (χ0) is 9.14. The molecule has 2 unspecified atom stereocenters. The second kappa shape index (κ2) is 3.79. The summed E-state index contributed by atoms with van der Waals surface area (Å²) in [5, 5.41) is 0. The minimum atomic E-state index is 0.709. The van der Waals surface area contributed by atoms with Crippen molar-refractivity contribution in [1.29, 1.82) is 0 Å². The van der Waals surface area contributed by atoms with E-state index in [9.17, 15) is 0 Å². The van der Waals surface area contributed by atoms with Crippen LogP contribution in [0, 0.1) is 17.8 Å². The average molecular weight is 165 g/mol. The molecule has 0 aromatic carbocycles. The largest absolute Gasteiger partial charge is 0.399 e. The summed E-state index contributed by atoms with van der Waals surface area (Å²) in [7, 11) is 0. The predicted octanol–water partition coefficient (Wildman–Crippen LogP) is 2.70. The molecule has 0 bridgehead atoms. The summed E-state index contributed by atoms with van der Waals surface area (Å²) in [5.74, 6) is 2.36. The Morgan fingerprint density at radius 2 is 1.92 bits per heavy atom. The Kier molecular flexibility index (Phi) is 2.96. The van der Waals surface area contributed by atoms with E-state index in [0.717, 1.165) is 17.5 Å². The van der Waals surface area contributed by atoms with Gasteiger partial charge in [0.2, 0.25) is 0 Å². The predicted molar refractivity (Wildman–Crippen MR) is 53.5 cm³/mol. The molecule has 2 N–H and O–H groups in total. The van der Waals surface area contributed by atoms with E-state index < -0.39 is 0 Å². The average Bonchev–Trinajstić information content (AvgIpc) is 2.02. The van der Waals surface area contributed by atoms with Gasteiger partial charge in [0, 0.05) is 5.70 Å². The van der Waals surface area contributed by atoms with Gasteiger partial charge >= 0.3 is 0 Å². The Bertz CT molecular complexity index is 195. The molecule has 1 fully saturated rings. The van der Waals surface area contributed by atoms with Crippen LogP contribution in [0.3, 0.4) is 0 Å². The van der Waals surface area contributed by atoms with E-state index in [1.54, 1.807) is 0 Å². The Morgan fingerprint density at radius 3 is 2.33 bits per heavy atom. The van der Waals surface area contributed by atoms with E-state index in [1.807, 2.05) is 19.1 Å². The molecule has 0 aliphatic heterocycles. The van der Waals surface area contributed by atoms with Crippen LogP contribution in [0.15, 0.2) is 23.9 Å². The lowest BCUT2D eigenvalue weighted by molar-refractivity contribution is 0.147. The Morgan fingerprint density at radius 1 is 1.33 bits per heavy atom. The van der Waals surface area contributed by atoms with Gasteiger partial charge in [0.05, 0.1) is 0 Å². The number of hydrogen-bond donors (Lipinski definition) is 1. The van der Waals surface area contributed by atoms with Crippen LogP contribution in [-0.4, -0.2) is 0 Å². The van der Waals surface area contributed by atoms with Gasteiger partial charge in [0.1, 0.15) is 0 Å². The first kappa shape index (κ1) is 9.37. The fourth-order valence-corrected chi connectivity index (χ4v) is 2.06. The van der Waals surface area contributed by atoms with Gasteiger partial charge < -0.3 is 5.73 Å². The summed E-state index contributed by atoms with van der Waals surface area (Å²) in [6, 6.07) is 0. The highest BCUT2D eigenvalue weighted by Gasteiger charge is 2.32. The first-order valence-corrected chi connectivity index (χ1v) is 4.75. The van der Waals surface area contributed by atoms with E-state index in [-0.39, 0.29) is 0 Å². The molecule has 1 rings (SSSR count). The van der Waals surface area contributed by atoms with E-state index >= 15 is 0 Å². The summed E-state index contributed by atoms with van der Waals surface area (Å²) < 4.78 is 0. The van der Waals surface area contributed by atoms with Gasteiger partial charge in [-0.15, -0.1) is 0 Å². The molecule has 0 aromatic heterocycles. The lowest BCUT2D eigenvalue weighted by atomic mass is 9.66. The van der Waals surface area contributed by atoms with Crippen molar-refractivity contribution in [1.82, 2.24) is 0 Å². The first-order chi connectivity index (χ1) is 5.65. The van der Waals surface area contributed by atoms with Crippen molar-refractivity contribution < 1.29 is 0 Å². The van der Waals surface area contributed by atoms with Crippen molar-refractivity contribution in [3.8, 4) is 0 Å². The van der Waals surface area contributed by atoms with Crippen molar-refractivity contribution in [2.75, 3.05) is 0 Å². The van der Waals surface area contributed by atoms with Crippen LogP contribution in [-0.2, 0) is 0 Å². The van der Waals surface area contributed by atoms with Crippen LogP contribution in [0.5, 0.6) is 0 Å². The minimum Gasteiger partial charge on any atom is -0.399 e. The molecule has 0 amide bonds. The van der Waals surface area contributed by atoms with E-state index in [4.69, 9.17) is 5.73 Å². The first-order valence-electron chi connectivity index (χ1n) is 4.75. The van der Waals surface area contributed by atoms with Crippen LogP contribution in [0.4, 0.5) is 0 Å². The quantitative estimate of drug-likeness (QED) is 0.625. The smallest absolute Gasteiger partial charge is 0.0273 e. The number of hydrogen-bond acceptors (Lipinski definition) is 1. The molecule has 1 heteroatoms. The number of allylic oxidation sites excluding steroid dienone is 3. The van der Waals surface area contributed by atoms with Crippen LogP contribution in [0.25, 0.3) is 0 Å². The Balaban J connectivity index is 2.54. The van der Waals surface area contributed by atoms with Gasteiger partial charge in [-0.2, -0.15) is 0 Å². The topological polar surface area (TPSA) is 26.0 Å². The zero-order valence-corrected chi connectivity index (χ0v) is 8.25. The fraction of sp³-hybridized carbons (Fsp3) is 0.636. The molecule has 1 aliphatic carbocycles. The van der Waals surface area contributed by atoms with Crippen LogP contribution >= 0.6 is 0 Å². The molecule has 0 aromatic rings. The normalized spacial score (nSPS) is 36.9. The van der Waals surface area contributed by atoms with Gasteiger partial charge in [-0.1, -0.05) is 26.0 Å². The molecule has 0 radical (unpaired) electrons. The third-order valence-electron chi connectivity index (χ3n) is 2.80. The monoisotopic (exact) mass is 165 g/mol. The van der Waals surface area contributed by atoms with Crippen molar-refractivity contribution in [3.05, 3.63) is 23.9 Å². The van der Waals surface area contributed by atoms with Gasteiger partial charge in [-0.3, -0.25) is 0 Å². The van der Waals surface area contributed by atoms with Crippen molar-refractivity contribution in [3.63, 3.8) is 0 Å². The maximum Gasteiger partial charge on any atom is 0.0273 e. The second-order valence-corrected chi connectivity index (χ2v) is 3.93. The SMILES string of the molecule is C/C=C\C(N)=C/C1C(C)CC1C. The molecule has 0 saturated heterocycles. The summed E-state index contributed by atoms with van der Waals surface area (Å²) >= 11 is 0. The van der Waals surface area contributed by atoms with Crippen LogP contribution in [0.2, 0.25) is 0 Å². The second-order valence-electron chi connectivity index (χ2n) is 3.93. The maximum atomic E-state index is 5.79. The third-order valence-corrected chi connectivity index (χ3v) is 2.80. The van der Waals surface area contributed by atoms with Crippen molar-refractivity contribution >= 4 is 0 Å². The maximum absolute atomic E-state index is 5.79. The summed E-state index contributed by atoms with van der Waals surface area (Å²) in [6.45, 7) is 6.59. The van der Waals surface area contributed by atoms with E-state index in [2.05, 4.69) is 19.9 Å². The van der Waals surface area contributed by atoms with Crippen LogP contribution in [0.1, 0.15) is 27.2 Å². The molecule has 1 nitrogen and oxygen atoms in total. The fourth-order valence-electron chi connectivity index (χ4n) is 2.06. The molecule has 12 heavy (non-hydrogen) atoms. The molecule has 2 atom stereocenters. The molecule has 1 aliphatic rings. The van der Waals surface area contributed by atoms with Gasteiger partial charge in [-0.25, -0.2) is 0 Å². The molecule has 0 heterocycles. The molecule has 1 saturated carbocycles. The molecular weight excluding hydrogens is 146 g/mol. The van der Waals surface area contributed by atoms with Gasteiger partial charge in [0.15, 0.2) is 0 Å². The van der Waals surface area contributed by atoms with E-state index in [1.165, 1.54) is 6.42 Å². The van der Waals surface area contributed by atoms with Gasteiger partial charge in [-0.05, 0) is 37.2 Å². The minimum absolute atomic E-state index is 0.709. The lowest BCUT2D eigenvalue weighted by Gasteiger charge is -2.39. The Hall–Kier alpha value is -0.720. The zero-order valence-electron chi connectivity index (χ0n) is 8.25. The highest BCUT2D eigenvalue weighted by atomic mass is 14.6. The number of rotatable bonds is 2. The molecule has 68 valence electrons. The molecular formula is C11H19N. The summed E-state index contributed by atoms with van der Waals surface area (Å²) in [5.41, 5.74) is 6.71. The molecule has 0 spiro atoms. The summed E-state index contributed by atoms with van der Waals surface area (Å²) in [6.07, 6.45) is 7.51. The van der Waals surface area contributed by atoms with Gasteiger partial charge in [0.25, 0.3) is 0 Å². The third kappa shape index (κ3) is 1.90. The van der Waals surface area contributed by atoms with Crippen molar-refractivity contribution in [2.45, 2.75) is 27.2 Å². The highest BCUT2D eigenvalue weighted by Crippen LogP contribution is 2.40. The van der Waals surface area contributed by atoms with Crippen LogP contribution < -0.4 is 5.73 Å². The summed E-state index contributed by atoms with van der Waals surface area (Å²) in [4.78, 5) is 0. The number of nitrogens with two attached hydrogens (primary N) is 1. The van der Waals surface area contributed by atoms with Crippen molar-refractivity contribution in [2.24, 2.45) is 23.5 Å². The lowest BCUT2D eigenvalue weighted by Crippen LogP contribution is -2.31. The highest BCUT2D eigenvalue weighted by molar-refractivity contribution is 5.17. The van der Waals surface area contributed by atoms with E-state index in [0.29, 0.717) is 5.92 Å². The Labute approximate surface area is 75.3 Å².